The van der Waals surface area contributed by atoms with Gasteiger partial charge in [-0.2, -0.15) is 0 Å². The van der Waals surface area contributed by atoms with E-state index in [9.17, 15) is 19.2 Å². The number of amides is 2. The van der Waals surface area contributed by atoms with Crippen molar-refractivity contribution in [1.82, 2.24) is 0 Å². The highest BCUT2D eigenvalue weighted by atomic mass is 16.5. The molecule has 0 aromatic heterocycles. The molecule has 7 nitrogen and oxygen atoms in total. The third kappa shape index (κ3) is 4.13. The van der Waals surface area contributed by atoms with Gasteiger partial charge in [-0.15, -0.1) is 0 Å². The number of aryl methyl sites for hydroxylation is 2. The zero-order valence-electron chi connectivity index (χ0n) is 18.4. The molecule has 1 aliphatic heterocycles. The summed E-state index contributed by atoms with van der Waals surface area (Å²) < 4.78 is 10.0. The average Bonchev–Trinajstić information content (AvgIpc) is 3.08. The summed E-state index contributed by atoms with van der Waals surface area (Å²) in [6.07, 6.45) is 0. The Bertz CT molecular complexity index is 1310. The van der Waals surface area contributed by atoms with Gasteiger partial charge in [0.15, 0.2) is 0 Å². The number of benzene rings is 3. The van der Waals surface area contributed by atoms with E-state index in [1.54, 1.807) is 30.3 Å². The van der Waals surface area contributed by atoms with E-state index in [1.807, 2.05) is 26.0 Å². The fourth-order valence-corrected chi connectivity index (χ4v) is 3.69. The normalized spacial score (nSPS) is 12.5. The minimum absolute atomic E-state index is 0.0672. The Morgan fingerprint density at radius 2 is 1.55 bits per heavy atom. The van der Waals surface area contributed by atoms with Crippen LogP contribution in [0.15, 0.2) is 60.7 Å². The number of ether oxygens (including phenoxy) is 2. The minimum atomic E-state index is -0.647. The van der Waals surface area contributed by atoms with Crippen LogP contribution in [0, 0.1) is 13.8 Å². The van der Waals surface area contributed by atoms with Crippen molar-refractivity contribution in [3.63, 3.8) is 0 Å². The topological polar surface area (TPSA) is 90.0 Å². The van der Waals surface area contributed by atoms with Crippen LogP contribution >= 0.6 is 0 Å². The van der Waals surface area contributed by atoms with Crippen molar-refractivity contribution in [1.29, 1.82) is 0 Å². The molecular formula is C26H21NO6. The van der Waals surface area contributed by atoms with Gasteiger partial charge in [-0.25, -0.2) is 14.5 Å². The average molecular weight is 443 g/mol. The summed E-state index contributed by atoms with van der Waals surface area (Å²) in [6, 6.07) is 16.4. The Labute approximate surface area is 190 Å². The Balaban J connectivity index is 1.54. The lowest BCUT2D eigenvalue weighted by Gasteiger charge is -2.17. The van der Waals surface area contributed by atoms with Gasteiger partial charge in [-0.05, 0) is 66.9 Å². The molecule has 3 aromatic carbocycles. The molecule has 0 aliphatic carbocycles. The second-order valence-corrected chi connectivity index (χ2v) is 7.76. The van der Waals surface area contributed by atoms with Crippen LogP contribution in [-0.4, -0.2) is 30.9 Å². The molecular weight excluding hydrogens is 422 g/mol. The van der Waals surface area contributed by atoms with E-state index in [-0.39, 0.29) is 23.3 Å². The number of rotatable bonds is 5. The smallest absolute Gasteiger partial charge is 0.338 e. The predicted octanol–water partition coefficient (Wildman–Crippen LogP) is 4.25. The molecule has 0 saturated carbocycles. The van der Waals surface area contributed by atoms with Gasteiger partial charge >= 0.3 is 11.9 Å². The van der Waals surface area contributed by atoms with Crippen molar-refractivity contribution in [3.8, 4) is 0 Å². The fraction of sp³-hybridized carbons (Fsp3) is 0.154. The first-order chi connectivity index (χ1) is 15.8. The maximum absolute atomic E-state index is 13.1. The summed E-state index contributed by atoms with van der Waals surface area (Å²) in [5.41, 5.74) is 3.75. The number of hydrogen-bond donors (Lipinski definition) is 0. The van der Waals surface area contributed by atoms with E-state index >= 15 is 0 Å². The second kappa shape index (κ2) is 8.70. The zero-order chi connectivity index (χ0) is 23.7. The van der Waals surface area contributed by atoms with Crippen LogP contribution in [0.1, 0.15) is 58.1 Å². The minimum Gasteiger partial charge on any atom is -0.465 e. The lowest BCUT2D eigenvalue weighted by Crippen LogP contribution is -2.30. The van der Waals surface area contributed by atoms with Crippen LogP contribution in [0.2, 0.25) is 0 Å². The summed E-state index contributed by atoms with van der Waals surface area (Å²) in [6.45, 7) is 3.65. The lowest BCUT2D eigenvalue weighted by molar-refractivity contribution is 0.0472. The fourth-order valence-electron chi connectivity index (χ4n) is 3.69. The van der Waals surface area contributed by atoms with Gasteiger partial charge in [0, 0.05) is 0 Å². The standard InChI is InChI=1S/C26H21NO6/c1-15-7-8-16(2)22(11-15)27-23(28)20-10-9-19(13-21(20)24(27)29)26(31)33-14-17-5-4-6-18(12-17)25(30)32-3/h4-13H,14H2,1-3H3. The van der Waals surface area contributed by atoms with Gasteiger partial charge < -0.3 is 9.47 Å². The maximum Gasteiger partial charge on any atom is 0.338 e. The molecule has 3 aromatic rings. The van der Waals surface area contributed by atoms with Gasteiger partial charge in [-0.1, -0.05) is 24.3 Å². The van der Waals surface area contributed by atoms with Crippen molar-refractivity contribution in [2.45, 2.75) is 20.5 Å². The van der Waals surface area contributed by atoms with E-state index < -0.39 is 23.8 Å². The molecule has 166 valence electrons. The van der Waals surface area contributed by atoms with Crippen molar-refractivity contribution in [3.05, 3.63) is 99.6 Å². The van der Waals surface area contributed by atoms with Crippen LogP contribution in [0.4, 0.5) is 5.69 Å². The van der Waals surface area contributed by atoms with E-state index in [4.69, 9.17) is 9.47 Å². The van der Waals surface area contributed by atoms with Gasteiger partial charge in [0.1, 0.15) is 6.61 Å². The molecule has 0 N–H and O–H groups in total. The maximum atomic E-state index is 13.1. The molecule has 1 aliphatic rings. The Hall–Kier alpha value is -4.26. The van der Waals surface area contributed by atoms with Crippen molar-refractivity contribution >= 4 is 29.4 Å². The zero-order valence-corrected chi connectivity index (χ0v) is 18.4. The van der Waals surface area contributed by atoms with Crippen molar-refractivity contribution in [2.75, 3.05) is 12.0 Å². The molecule has 0 saturated heterocycles. The summed E-state index contributed by atoms with van der Waals surface area (Å²) in [4.78, 5) is 51.4. The number of esters is 2. The molecule has 0 atom stereocenters. The van der Waals surface area contributed by atoms with Crippen molar-refractivity contribution in [2.24, 2.45) is 0 Å². The number of imide groups is 1. The summed E-state index contributed by atoms with van der Waals surface area (Å²) in [5, 5.41) is 0. The highest BCUT2D eigenvalue weighted by Crippen LogP contribution is 2.32. The number of carbonyl (C=O) groups excluding carboxylic acids is 4. The van der Waals surface area contributed by atoms with Gasteiger partial charge in [0.05, 0.1) is 35.1 Å². The molecule has 33 heavy (non-hydrogen) atoms. The molecule has 0 unspecified atom stereocenters. The molecule has 7 heteroatoms. The Morgan fingerprint density at radius 1 is 0.818 bits per heavy atom. The molecule has 0 spiro atoms. The van der Waals surface area contributed by atoms with E-state index in [0.717, 1.165) is 16.0 Å². The number of hydrogen-bond acceptors (Lipinski definition) is 6. The Kier molecular flexibility index (Phi) is 5.79. The van der Waals surface area contributed by atoms with Crippen LogP contribution in [-0.2, 0) is 16.1 Å². The molecule has 0 fully saturated rings. The number of nitrogens with zero attached hydrogens (tertiary/aromatic N) is 1. The van der Waals surface area contributed by atoms with Crippen molar-refractivity contribution < 1.29 is 28.7 Å². The quantitative estimate of drug-likeness (QED) is 0.433. The number of fused-ring (bicyclic) bond motifs is 1. The number of methoxy groups -OCH3 is 1. The molecule has 0 bridgehead atoms. The predicted molar refractivity (Wildman–Crippen MR) is 120 cm³/mol. The SMILES string of the molecule is COC(=O)c1cccc(COC(=O)c2ccc3c(c2)C(=O)N(c2cc(C)ccc2C)C3=O)c1. The first kappa shape index (κ1) is 22.0. The third-order valence-corrected chi connectivity index (χ3v) is 5.45. The largest absolute Gasteiger partial charge is 0.465 e. The number of carbonyl (C=O) groups is 4. The second-order valence-electron chi connectivity index (χ2n) is 7.76. The van der Waals surface area contributed by atoms with Crippen LogP contribution in [0.5, 0.6) is 0 Å². The lowest BCUT2D eigenvalue weighted by atomic mass is 10.1. The van der Waals surface area contributed by atoms with E-state index in [1.165, 1.54) is 25.3 Å². The van der Waals surface area contributed by atoms with Crippen LogP contribution < -0.4 is 4.90 Å². The highest BCUT2D eigenvalue weighted by molar-refractivity contribution is 6.35. The van der Waals surface area contributed by atoms with Gasteiger partial charge in [0.25, 0.3) is 11.8 Å². The monoisotopic (exact) mass is 443 g/mol. The first-order valence-corrected chi connectivity index (χ1v) is 10.2. The first-order valence-electron chi connectivity index (χ1n) is 10.2. The van der Waals surface area contributed by atoms with Crippen LogP contribution in [0.3, 0.4) is 0 Å². The van der Waals surface area contributed by atoms with E-state index in [2.05, 4.69) is 0 Å². The summed E-state index contributed by atoms with van der Waals surface area (Å²) >= 11 is 0. The van der Waals surface area contributed by atoms with Gasteiger partial charge in [-0.3, -0.25) is 9.59 Å². The summed E-state index contributed by atoms with van der Waals surface area (Å²) in [7, 11) is 1.29. The molecule has 4 rings (SSSR count). The van der Waals surface area contributed by atoms with Crippen LogP contribution in [0.25, 0.3) is 0 Å². The van der Waals surface area contributed by atoms with Gasteiger partial charge in [0.2, 0.25) is 0 Å². The highest BCUT2D eigenvalue weighted by Gasteiger charge is 2.38. The molecule has 0 radical (unpaired) electrons. The molecule has 1 heterocycles. The number of anilines is 1. The Morgan fingerprint density at radius 3 is 2.30 bits per heavy atom. The molecule has 2 amide bonds. The summed E-state index contributed by atoms with van der Waals surface area (Å²) in [5.74, 6) is -2.04. The van der Waals surface area contributed by atoms with E-state index in [0.29, 0.717) is 16.8 Å². The third-order valence-electron chi connectivity index (χ3n) is 5.45.